The van der Waals surface area contributed by atoms with Gasteiger partial charge in [-0.15, -0.1) is 0 Å². The van der Waals surface area contributed by atoms with Crippen LogP contribution in [-0.4, -0.2) is 34.0 Å². The van der Waals surface area contributed by atoms with E-state index in [9.17, 15) is 13.2 Å². The van der Waals surface area contributed by atoms with Crippen molar-refractivity contribution in [2.45, 2.75) is 37.9 Å². The number of carbonyl (C=O) groups is 1. The van der Waals surface area contributed by atoms with Crippen LogP contribution < -0.4 is 4.72 Å². The standard InChI is InChI=1S/C12H19NO5S/c1-10(2)17-8-4-3-7-13-19(15,16)12-6-5-11(9-14)18-12/h5-6,9-10,13H,3-4,7-8H2,1-2H3. The van der Waals surface area contributed by atoms with Gasteiger partial charge in [0.15, 0.2) is 12.0 Å². The molecule has 1 rings (SSSR count). The van der Waals surface area contributed by atoms with E-state index >= 15 is 0 Å². The van der Waals surface area contributed by atoms with Crippen LogP contribution in [-0.2, 0) is 14.8 Å². The van der Waals surface area contributed by atoms with Gasteiger partial charge >= 0.3 is 0 Å². The summed E-state index contributed by atoms with van der Waals surface area (Å²) in [6, 6.07) is 2.58. The average Bonchev–Trinajstić information content (AvgIpc) is 2.82. The molecule has 0 aromatic carbocycles. The number of unbranched alkanes of at least 4 members (excludes halogenated alkanes) is 1. The molecule has 0 bridgehead atoms. The smallest absolute Gasteiger partial charge is 0.273 e. The Morgan fingerprint density at radius 2 is 2.11 bits per heavy atom. The lowest BCUT2D eigenvalue weighted by molar-refractivity contribution is 0.0762. The van der Waals surface area contributed by atoms with Crippen molar-refractivity contribution in [1.82, 2.24) is 4.72 Å². The zero-order chi connectivity index (χ0) is 14.3. The van der Waals surface area contributed by atoms with Gasteiger partial charge in [-0.3, -0.25) is 4.79 Å². The first kappa shape index (κ1) is 15.9. The summed E-state index contributed by atoms with van der Waals surface area (Å²) >= 11 is 0. The van der Waals surface area contributed by atoms with E-state index in [-0.39, 0.29) is 17.0 Å². The minimum absolute atomic E-state index is 0.00860. The zero-order valence-electron chi connectivity index (χ0n) is 11.1. The molecular weight excluding hydrogens is 270 g/mol. The molecule has 0 aliphatic heterocycles. The van der Waals surface area contributed by atoms with Crippen LogP contribution in [0.4, 0.5) is 0 Å². The van der Waals surface area contributed by atoms with Gasteiger partial charge in [-0.25, -0.2) is 13.1 Å². The summed E-state index contributed by atoms with van der Waals surface area (Å²) in [5.74, 6) is -0.00860. The van der Waals surface area contributed by atoms with Crippen LogP contribution >= 0.6 is 0 Å². The maximum Gasteiger partial charge on any atom is 0.273 e. The van der Waals surface area contributed by atoms with Gasteiger partial charge in [0.25, 0.3) is 10.0 Å². The Labute approximate surface area is 113 Å². The number of rotatable bonds is 9. The van der Waals surface area contributed by atoms with Gasteiger partial charge in [0.05, 0.1) is 6.10 Å². The number of carbonyl (C=O) groups excluding carboxylic acids is 1. The minimum Gasteiger partial charge on any atom is -0.440 e. The number of ether oxygens (including phenoxy) is 1. The second-order valence-electron chi connectivity index (χ2n) is 4.30. The summed E-state index contributed by atoms with van der Waals surface area (Å²) in [4.78, 5) is 10.4. The molecule has 0 unspecified atom stereocenters. The number of aldehydes is 1. The van der Waals surface area contributed by atoms with E-state index in [1.165, 1.54) is 12.1 Å². The van der Waals surface area contributed by atoms with Gasteiger partial charge in [0.2, 0.25) is 5.09 Å². The van der Waals surface area contributed by atoms with Gasteiger partial charge < -0.3 is 9.15 Å². The van der Waals surface area contributed by atoms with E-state index in [0.29, 0.717) is 25.9 Å². The van der Waals surface area contributed by atoms with E-state index < -0.39 is 10.0 Å². The Morgan fingerprint density at radius 1 is 1.37 bits per heavy atom. The molecule has 0 aliphatic carbocycles. The first-order valence-corrected chi connectivity index (χ1v) is 7.60. The fraction of sp³-hybridized carbons (Fsp3) is 0.583. The summed E-state index contributed by atoms with van der Waals surface area (Å²) in [5, 5.41) is -0.243. The molecule has 0 amide bonds. The van der Waals surface area contributed by atoms with Gasteiger partial charge in [0, 0.05) is 13.2 Å². The van der Waals surface area contributed by atoms with Gasteiger partial charge in [-0.05, 0) is 38.8 Å². The summed E-state index contributed by atoms with van der Waals surface area (Å²) in [6.07, 6.45) is 2.09. The van der Waals surface area contributed by atoms with Crippen LogP contribution in [0.25, 0.3) is 0 Å². The summed E-state index contributed by atoms with van der Waals surface area (Å²) in [6.45, 7) is 4.81. The molecule has 1 heterocycles. The van der Waals surface area contributed by atoms with Crippen LogP contribution in [0.3, 0.4) is 0 Å². The lowest BCUT2D eigenvalue weighted by Crippen LogP contribution is -2.24. The Kier molecular flexibility index (Phi) is 6.20. The maximum absolute atomic E-state index is 11.8. The molecule has 0 spiro atoms. The Balaban J connectivity index is 2.33. The molecule has 6 nitrogen and oxygen atoms in total. The minimum atomic E-state index is -3.67. The van der Waals surface area contributed by atoms with Crippen LogP contribution in [0, 0.1) is 0 Å². The Bertz CT molecular complexity index is 492. The number of furan rings is 1. The second-order valence-corrected chi connectivity index (χ2v) is 6.00. The quantitative estimate of drug-likeness (QED) is 0.551. The third-order valence-electron chi connectivity index (χ3n) is 2.30. The number of sulfonamides is 1. The Morgan fingerprint density at radius 3 is 2.68 bits per heavy atom. The van der Waals surface area contributed by atoms with E-state index in [0.717, 1.165) is 6.42 Å². The van der Waals surface area contributed by atoms with E-state index in [4.69, 9.17) is 9.15 Å². The third kappa shape index (κ3) is 5.54. The molecule has 0 radical (unpaired) electrons. The highest BCUT2D eigenvalue weighted by molar-refractivity contribution is 7.89. The number of nitrogens with one attached hydrogen (secondary N) is 1. The summed E-state index contributed by atoms with van der Waals surface area (Å²) < 4.78 is 36.1. The lowest BCUT2D eigenvalue weighted by Gasteiger charge is -2.07. The first-order valence-electron chi connectivity index (χ1n) is 6.12. The number of hydrogen-bond donors (Lipinski definition) is 1. The molecule has 1 aromatic heterocycles. The normalized spacial score (nSPS) is 11.9. The van der Waals surface area contributed by atoms with Crippen molar-refractivity contribution in [3.63, 3.8) is 0 Å². The third-order valence-corrected chi connectivity index (χ3v) is 3.63. The number of hydrogen-bond acceptors (Lipinski definition) is 5. The highest BCUT2D eigenvalue weighted by Gasteiger charge is 2.17. The summed E-state index contributed by atoms with van der Waals surface area (Å²) in [7, 11) is -3.67. The summed E-state index contributed by atoms with van der Waals surface area (Å²) in [5.41, 5.74) is 0. The van der Waals surface area contributed by atoms with Gasteiger partial charge in [0.1, 0.15) is 0 Å². The molecule has 7 heteroatoms. The van der Waals surface area contributed by atoms with E-state index in [2.05, 4.69) is 4.72 Å². The van der Waals surface area contributed by atoms with Crippen LogP contribution in [0.5, 0.6) is 0 Å². The molecule has 108 valence electrons. The van der Waals surface area contributed by atoms with Crippen molar-refractivity contribution in [1.29, 1.82) is 0 Å². The molecule has 0 saturated heterocycles. The molecule has 1 aromatic rings. The van der Waals surface area contributed by atoms with Gasteiger partial charge in [-0.1, -0.05) is 0 Å². The van der Waals surface area contributed by atoms with Crippen molar-refractivity contribution in [3.05, 3.63) is 17.9 Å². The van der Waals surface area contributed by atoms with E-state index in [1.807, 2.05) is 13.8 Å². The molecule has 0 aliphatic rings. The fourth-order valence-corrected chi connectivity index (χ4v) is 2.37. The van der Waals surface area contributed by atoms with Crippen LogP contribution in [0.2, 0.25) is 0 Å². The monoisotopic (exact) mass is 289 g/mol. The van der Waals surface area contributed by atoms with Crippen molar-refractivity contribution in [3.8, 4) is 0 Å². The molecule has 1 N–H and O–H groups in total. The molecule has 0 atom stereocenters. The molecule has 19 heavy (non-hydrogen) atoms. The fourth-order valence-electron chi connectivity index (χ4n) is 1.37. The van der Waals surface area contributed by atoms with Crippen molar-refractivity contribution < 1.29 is 22.4 Å². The SMILES string of the molecule is CC(C)OCCCCNS(=O)(=O)c1ccc(C=O)o1. The van der Waals surface area contributed by atoms with Crippen LogP contribution in [0.15, 0.2) is 21.6 Å². The molecule has 0 fully saturated rings. The van der Waals surface area contributed by atoms with Gasteiger partial charge in [-0.2, -0.15) is 0 Å². The largest absolute Gasteiger partial charge is 0.440 e. The van der Waals surface area contributed by atoms with E-state index in [1.54, 1.807) is 0 Å². The predicted octanol–water partition coefficient (Wildman–Crippen LogP) is 1.58. The second kappa shape index (κ2) is 7.42. The van der Waals surface area contributed by atoms with Crippen LogP contribution in [0.1, 0.15) is 37.2 Å². The molecular formula is C12H19NO5S. The predicted molar refractivity (Wildman–Crippen MR) is 69.6 cm³/mol. The van der Waals surface area contributed by atoms with Crippen molar-refractivity contribution in [2.24, 2.45) is 0 Å². The Hall–Kier alpha value is -1.18. The topological polar surface area (TPSA) is 85.6 Å². The maximum atomic E-state index is 11.8. The average molecular weight is 289 g/mol. The highest BCUT2D eigenvalue weighted by Crippen LogP contribution is 2.12. The molecule has 0 saturated carbocycles. The first-order chi connectivity index (χ1) is 8.95. The highest BCUT2D eigenvalue weighted by atomic mass is 32.2. The zero-order valence-corrected chi connectivity index (χ0v) is 11.9. The van der Waals surface area contributed by atoms with Crippen molar-refractivity contribution in [2.75, 3.05) is 13.2 Å². The van der Waals surface area contributed by atoms with Crippen molar-refractivity contribution >= 4 is 16.3 Å². The lowest BCUT2D eigenvalue weighted by atomic mass is 10.3.